The maximum absolute atomic E-state index is 13.6. The molecule has 28 heavy (non-hydrogen) atoms. The van der Waals surface area contributed by atoms with Crippen molar-refractivity contribution in [3.63, 3.8) is 0 Å². The Balaban J connectivity index is 1.82. The first-order valence-electron chi connectivity index (χ1n) is 8.31. The maximum Gasteiger partial charge on any atom is 0.271 e. The van der Waals surface area contributed by atoms with E-state index in [0.717, 1.165) is 33.1 Å². The molecule has 150 valence electrons. The summed E-state index contributed by atoms with van der Waals surface area (Å²) in [5.41, 5.74) is -1.26. The van der Waals surface area contributed by atoms with Gasteiger partial charge in [-0.1, -0.05) is 0 Å². The topological polar surface area (TPSA) is 97.7 Å². The van der Waals surface area contributed by atoms with Crippen LogP contribution in [0.4, 0.5) is 14.5 Å². The average Bonchev–Trinajstić information content (AvgIpc) is 2.67. The van der Waals surface area contributed by atoms with Crippen LogP contribution in [0.5, 0.6) is 0 Å². The largest absolute Gasteiger partial charge is 0.379 e. The molecule has 0 atom stereocenters. The summed E-state index contributed by atoms with van der Waals surface area (Å²) in [6.07, 6.45) is 1.24. The van der Waals surface area contributed by atoms with Crippen LogP contribution in [0.15, 0.2) is 46.2 Å². The van der Waals surface area contributed by atoms with E-state index < -0.39 is 44.6 Å². The van der Waals surface area contributed by atoms with Crippen LogP contribution in [0.2, 0.25) is 0 Å². The fourth-order valence-corrected chi connectivity index (χ4v) is 4.20. The van der Waals surface area contributed by atoms with Gasteiger partial charge < -0.3 is 14.6 Å². The van der Waals surface area contributed by atoms with E-state index in [1.54, 1.807) is 0 Å². The van der Waals surface area contributed by atoms with Crippen molar-refractivity contribution in [2.24, 2.45) is 0 Å². The number of carbonyl (C=O) groups excluding carboxylic acids is 1. The molecule has 2 heterocycles. The molecule has 1 aromatic heterocycles. The summed E-state index contributed by atoms with van der Waals surface area (Å²) in [6, 6.07) is 5.04. The Bertz CT molecular complexity index is 1050. The summed E-state index contributed by atoms with van der Waals surface area (Å²) in [4.78, 5) is 24.2. The molecule has 8 nitrogen and oxygen atoms in total. The van der Waals surface area contributed by atoms with E-state index in [-0.39, 0.29) is 32.0 Å². The lowest BCUT2D eigenvalue weighted by atomic mass is 10.3. The van der Waals surface area contributed by atoms with Crippen LogP contribution in [-0.4, -0.2) is 49.5 Å². The Labute approximate surface area is 159 Å². The molecule has 1 saturated heterocycles. The normalized spacial score (nSPS) is 15.4. The lowest BCUT2D eigenvalue weighted by Gasteiger charge is -2.25. The van der Waals surface area contributed by atoms with E-state index >= 15 is 0 Å². The van der Waals surface area contributed by atoms with Crippen LogP contribution in [0.3, 0.4) is 0 Å². The number of benzene rings is 1. The number of anilines is 1. The summed E-state index contributed by atoms with van der Waals surface area (Å²) in [5, 5.41) is 2.16. The molecule has 0 aliphatic carbocycles. The van der Waals surface area contributed by atoms with E-state index in [1.807, 2.05) is 0 Å². The third kappa shape index (κ3) is 4.26. The molecule has 0 unspecified atom stereocenters. The maximum atomic E-state index is 13.6. The highest BCUT2D eigenvalue weighted by atomic mass is 32.2. The van der Waals surface area contributed by atoms with Crippen molar-refractivity contribution in [1.82, 2.24) is 8.87 Å². The van der Waals surface area contributed by atoms with Crippen LogP contribution in [0, 0.1) is 11.6 Å². The molecule has 11 heteroatoms. The van der Waals surface area contributed by atoms with Gasteiger partial charge >= 0.3 is 0 Å². The molecular weight excluding hydrogens is 396 g/mol. The van der Waals surface area contributed by atoms with Crippen molar-refractivity contribution in [2.75, 3.05) is 31.6 Å². The second kappa shape index (κ2) is 8.17. The molecule has 0 radical (unpaired) electrons. The minimum absolute atomic E-state index is 0.121. The number of morpholine rings is 1. The smallest absolute Gasteiger partial charge is 0.271 e. The minimum Gasteiger partial charge on any atom is -0.379 e. The number of halogens is 2. The Hall–Kier alpha value is -2.63. The quantitative estimate of drug-likeness (QED) is 0.782. The average molecular weight is 413 g/mol. The van der Waals surface area contributed by atoms with Crippen molar-refractivity contribution in [3.8, 4) is 0 Å². The zero-order valence-corrected chi connectivity index (χ0v) is 15.4. The van der Waals surface area contributed by atoms with Crippen LogP contribution in [0.1, 0.15) is 0 Å². The van der Waals surface area contributed by atoms with Crippen LogP contribution in [0.25, 0.3) is 0 Å². The van der Waals surface area contributed by atoms with Gasteiger partial charge in [0.1, 0.15) is 23.1 Å². The summed E-state index contributed by atoms with van der Waals surface area (Å²) in [5.74, 6) is -2.40. The molecule has 0 bridgehead atoms. The number of amides is 1. The lowest BCUT2D eigenvalue weighted by molar-refractivity contribution is -0.116. The number of carbonyl (C=O) groups is 1. The molecule has 3 rings (SSSR count). The van der Waals surface area contributed by atoms with E-state index in [1.165, 1.54) is 12.3 Å². The van der Waals surface area contributed by atoms with Gasteiger partial charge in [0.05, 0.1) is 18.9 Å². The third-order valence-corrected chi connectivity index (χ3v) is 6.00. The van der Waals surface area contributed by atoms with Gasteiger partial charge in [-0.3, -0.25) is 9.59 Å². The number of nitrogens with one attached hydrogen (secondary N) is 1. The molecule has 1 aliphatic rings. The Kier molecular flexibility index (Phi) is 5.87. The van der Waals surface area contributed by atoms with Crippen molar-refractivity contribution in [3.05, 3.63) is 58.5 Å². The molecule has 0 spiro atoms. The predicted octanol–water partition coefficient (Wildman–Crippen LogP) is 0.786. The summed E-state index contributed by atoms with van der Waals surface area (Å²) >= 11 is 0. The zero-order chi connectivity index (χ0) is 20.3. The van der Waals surface area contributed by atoms with E-state index in [4.69, 9.17) is 4.74 Å². The molecule has 1 fully saturated rings. The van der Waals surface area contributed by atoms with Crippen LogP contribution in [-0.2, 0) is 26.1 Å². The van der Waals surface area contributed by atoms with Gasteiger partial charge in [0.2, 0.25) is 15.9 Å². The van der Waals surface area contributed by atoms with E-state index in [2.05, 4.69) is 5.32 Å². The lowest BCUT2D eigenvalue weighted by Crippen LogP contribution is -2.43. The first-order valence-corrected chi connectivity index (χ1v) is 9.75. The van der Waals surface area contributed by atoms with Gasteiger partial charge in [-0.05, 0) is 24.3 Å². The first kappa shape index (κ1) is 20.1. The number of hydrogen-bond acceptors (Lipinski definition) is 5. The second-order valence-electron chi connectivity index (χ2n) is 5.99. The van der Waals surface area contributed by atoms with Crippen molar-refractivity contribution in [2.45, 2.75) is 11.4 Å². The Morgan fingerprint density at radius 3 is 2.61 bits per heavy atom. The number of sulfonamides is 1. The molecule has 1 amide bonds. The van der Waals surface area contributed by atoms with Gasteiger partial charge in [0.15, 0.2) is 0 Å². The number of rotatable bonds is 5. The fraction of sp³-hybridized carbons (Fsp3) is 0.294. The monoisotopic (exact) mass is 413 g/mol. The molecule has 2 aromatic rings. The number of hydrogen-bond donors (Lipinski definition) is 1. The number of pyridine rings is 1. The van der Waals surface area contributed by atoms with Crippen LogP contribution < -0.4 is 10.9 Å². The zero-order valence-electron chi connectivity index (χ0n) is 14.6. The van der Waals surface area contributed by atoms with Crippen molar-refractivity contribution < 1.29 is 26.7 Å². The molecule has 0 saturated carbocycles. The summed E-state index contributed by atoms with van der Waals surface area (Å²) < 4.78 is 59.3. The van der Waals surface area contributed by atoms with Crippen molar-refractivity contribution in [1.29, 1.82) is 0 Å². The van der Waals surface area contributed by atoms with Gasteiger partial charge in [0.25, 0.3) is 5.56 Å². The van der Waals surface area contributed by atoms with Gasteiger partial charge in [-0.15, -0.1) is 0 Å². The van der Waals surface area contributed by atoms with Gasteiger partial charge in [-0.25, -0.2) is 17.2 Å². The first-order chi connectivity index (χ1) is 13.3. The Morgan fingerprint density at radius 1 is 1.18 bits per heavy atom. The number of nitrogens with zero attached hydrogens (tertiary/aromatic N) is 2. The van der Waals surface area contributed by atoms with E-state index in [9.17, 15) is 26.8 Å². The van der Waals surface area contributed by atoms with Gasteiger partial charge in [0, 0.05) is 25.4 Å². The SMILES string of the molecule is O=C(Cn1cccc(S(=O)(=O)N2CCOCC2)c1=O)Nc1cc(F)ccc1F. The van der Waals surface area contributed by atoms with Crippen molar-refractivity contribution >= 4 is 21.6 Å². The number of ether oxygens (including phenoxy) is 1. The third-order valence-electron chi connectivity index (χ3n) is 4.09. The standard InChI is InChI=1S/C17H17F2N3O5S/c18-12-3-4-13(19)14(10-12)20-16(23)11-21-5-1-2-15(17(21)24)28(25,26)22-6-8-27-9-7-22/h1-5,10H,6-9,11H2,(H,20,23). The van der Waals surface area contributed by atoms with Crippen LogP contribution >= 0.6 is 0 Å². The molecule has 1 aromatic carbocycles. The fourth-order valence-electron chi connectivity index (χ4n) is 2.70. The highest BCUT2D eigenvalue weighted by Crippen LogP contribution is 2.16. The highest BCUT2D eigenvalue weighted by molar-refractivity contribution is 7.89. The van der Waals surface area contributed by atoms with E-state index in [0.29, 0.717) is 0 Å². The molecule has 1 N–H and O–H groups in total. The minimum atomic E-state index is -4.04. The molecular formula is C17H17F2N3O5S. The predicted molar refractivity (Wildman–Crippen MR) is 95.3 cm³/mol. The second-order valence-corrected chi connectivity index (χ2v) is 7.90. The van der Waals surface area contributed by atoms with Gasteiger partial charge in [-0.2, -0.15) is 4.31 Å². The summed E-state index contributed by atoms with van der Waals surface area (Å²) in [6.45, 7) is 0.122. The Morgan fingerprint density at radius 2 is 1.89 bits per heavy atom. The summed E-state index contributed by atoms with van der Waals surface area (Å²) in [7, 11) is -4.04. The molecule has 1 aliphatic heterocycles. The highest BCUT2D eigenvalue weighted by Gasteiger charge is 2.29. The number of aromatic nitrogens is 1.